The summed E-state index contributed by atoms with van der Waals surface area (Å²) in [5.74, 6) is 1.16. The van der Waals surface area contributed by atoms with E-state index in [0.717, 1.165) is 34.5 Å². The first kappa shape index (κ1) is 13.6. The molecule has 1 N–H and O–H groups in total. The van der Waals surface area contributed by atoms with E-state index in [4.69, 9.17) is 0 Å². The molecule has 0 radical (unpaired) electrons. The number of aryl methyl sites for hydroxylation is 1. The molecular weight excluding hydrogens is 290 g/mol. The van der Waals surface area contributed by atoms with Crippen molar-refractivity contribution in [1.82, 2.24) is 0 Å². The molecule has 1 saturated carbocycles. The summed E-state index contributed by atoms with van der Waals surface area (Å²) in [6.45, 7) is 4.29. The fourth-order valence-corrected chi connectivity index (χ4v) is 2.85. The van der Waals surface area contributed by atoms with Gasteiger partial charge in [-0.3, -0.25) is 4.79 Å². The lowest BCUT2D eigenvalue weighted by Crippen LogP contribution is -2.26. The second-order valence-corrected chi connectivity index (χ2v) is 6.32. The zero-order valence-corrected chi connectivity index (χ0v) is 12.6. The van der Waals surface area contributed by atoms with E-state index in [2.05, 4.69) is 28.2 Å². The number of rotatable bonds is 2. The summed E-state index contributed by atoms with van der Waals surface area (Å²) in [5.41, 5.74) is 2.03. The van der Waals surface area contributed by atoms with E-state index in [-0.39, 0.29) is 11.8 Å². The fourth-order valence-electron chi connectivity index (χ4n) is 2.49. The quantitative estimate of drug-likeness (QED) is 0.855. The molecule has 2 nitrogen and oxygen atoms in total. The number of nitrogens with one attached hydrogen (secondary N) is 1. The highest BCUT2D eigenvalue weighted by Gasteiger charge is 2.24. The molecule has 0 spiro atoms. The van der Waals surface area contributed by atoms with Crippen molar-refractivity contribution in [3.63, 3.8) is 0 Å². The zero-order chi connectivity index (χ0) is 13.1. The second-order valence-electron chi connectivity index (χ2n) is 5.41. The molecule has 2 rings (SSSR count). The maximum atomic E-state index is 12.2. The van der Waals surface area contributed by atoms with Crippen molar-refractivity contribution < 1.29 is 4.79 Å². The van der Waals surface area contributed by atoms with E-state index in [1.54, 1.807) is 0 Å². The summed E-state index contributed by atoms with van der Waals surface area (Å²) >= 11 is 3.44. The first-order chi connectivity index (χ1) is 8.56. The summed E-state index contributed by atoms with van der Waals surface area (Å²) in [6.07, 6.45) is 4.41. The van der Waals surface area contributed by atoms with Gasteiger partial charge in [-0.15, -0.1) is 0 Å². The molecule has 0 aliphatic heterocycles. The molecule has 1 aromatic carbocycles. The van der Waals surface area contributed by atoms with Crippen LogP contribution in [-0.2, 0) is 4.79 Å². The smallest absolute Gasteiger partial charge is 0.227 e. The van der Waals surface area contributed by atoms with Crippen LogP contribution in [0.15, 0.2) is 22.7 Å². The van der Waals surface area contributed by atoms with Crippen molar-refractivity contribution in [3.05, 3.63) is 28.2 Å². The number of carbonyl (C=O) groups excluding carboxylic acids is 1. The standard InChI is InChI=1S/C15H20BrNO/c1-10-3-6-12(7-4-10)15(18)17-14-9-13(16)8-5-11(14)2/h5,8-10,12H,3-4,6-7H2,1-2H3,(H,17,18). The van der Waals surface area contributed by atoms with Crippen molar-refractivity contribution in [2.24, 2.45) is 11.8 Å². The Morgan fingerprint density at radius 1 is 1.28 bits per heavy atom. The van der Waals surface area contributed by atoms with Crippen LogP contribution in [0.4, 0.5) is 5.69 Å². The van der Waals surface area contributed by atoms with Gasteiger partial charge in [0.25, 0.3) is 0 Å². The summed E-state index contributed by atoms with van der Waals surface area (Å²) in [6, 6.07) is 5.98. The molecule has 1 aliphatic carbocycles. The third kappa shape index (κ3) is 3.35. The van der Waals surface area contributed by atoms with Gasteiger partial charge in [-0.1, -0.05) is 28.9 Å². The van der Waals surface area contributed by atoms with Crippen molar-refractivity contribution in [2.75, 3.05) is 5.32 Å². The van der Waals surface area contributed by atoms with Crippen LogP contribution in [0, 0.1) is 18.8 Å². The third-order valence-electron chi connectivity index (χ3n) is 3.84. The van der Waals surface area contributed by atoms with Crippen LogP contribution in [0.1, 0.15) is 38.2 Å². The third-order valence-corrected chi connectivity index (χ3v) is 4.34. The first-order valence-electron chi connectivity index (χ1n) is 6.63. The molecule has 0 saturated heterocycles. The van der Waals surface area contributed by atoms with E-state index < -0.39 is 0 Å². The number of hydrogen-bond acceptors (Lipinski definition) is 1. The van der Waals surface area contributed by atoms with Crippen molar-refractivity contribution >= 4 is 27.5 Å². The molecule has 3 heteroatoms. The molecule has 0 aromatic heterocycles. The van der Waals surface area contributed by atoms with Crippen LogP contribution in [0.5, 0.6) is 0 Å². The van der Waals surface area contributed by atoms with Crippen LogP contribution in [0.3, 0.4) is 0 Å². The van der Waals surface area contributed by atoms with E-state index in [1.807, 2.05) is 25.1 Å². The Morgan fingerprint density at radius 3 is 2.61 bits per heavy atom. The van der Waals surface area contributed by atoms with Gasteiger partial charge in [-0.2, -0.15) is 0 Å². The van der Waals surface area contributed by atoms with E-state index in [1.165, 1.54) is 12.8 Å². The first-order valence-corrected chi connectivity index (χ1v) is 7.42. The van der Waals surface area contributed by atoms with E-state index in [9.17, 15) is 4.79 Å². The van der Waals surface area contributed by atoms with Gasteiger partial charge in [0.2, 0.25) is 5.91 Å². The fraction of sp³-hybridized carbons (Fsp3) is 0.533. The number of amides is 1. The van der Waals surface area contributed by atoms with Gasteiger partial charge in [0.15, 0.2) is 0 Å². The molecule has 0 heterocycles. The van der Waals surface area contributed by atoms with Gasteiger partial charge >= 0.3 is 0 Å². The average Bonchev–Trinajstić information content (AvgIpc) is 2.34. The summed E-state index contributed by atoms with van der Waals surface area (Å²) in [7, 11) is 0. The Labute approximate surface area is 117 Å². The van der Waals surface area contributed by atoms with Gasteiger partial charge < -0.3 is 5.32 Å². The Kier molecular flexibility index (Phi) is 4.44. The number of hydrogen-bond donors (Lipinski definition) is 1. The van der Waals surface area contributed by atoms with Gasteiger partial charge in [-0.25, -0.2) is 0 Å². The summed E-state index contributed by atoms with van der Waals surface area (Å²) in [4.78, 5) is 12.2. The van der Waals surface area contributed by atoms with E-state index in [0.29, 0.717) is 0 Å². The molecule has 1 amide bonds. The monoisotopic (exact) mass is 309 g/mol. The van der Waals surface area contributed by atoms with Crippen molar-refractivity contribution in [3.8, 4) is 0 Å². The Hall–Kier alpha value is -0.830. The highest BCUT2D eigenvalue weighted by molar-refractivity contribution is 9.10. The molecule has 1 fully saturated rings. The Balaban J connectivity index is 2.00. The molecule has 0 bridgehead atoms. The number of anilines is 1. The number of benzene rings is 1. The van der Waals surface area contributed by atoms with Gasteiger partial charge in [0, 0.05) is 16.1 Å². The van der Waals surface area contributed by atoms with Crippen LogP contribution >= 0.6 is 15.9 Å². The average molecular weight is 310 g/mol. The Morgan fingerprint density at radius 2 is 1.94 bits per heavy atom. The largest absolute Gasteiger partial charge is 0.326 e. The van der Waals surface area contributed by atoms with Crippen LogP contribution in [0.2, 0.25) is 0 Å². The summed E-state index contributed by atoms with van der Waals surface area (Å²) in [5, 5.41) is 3.07. The van der Waals surface area contributed by atoms with Crippen molar-refractivity contribution in [1.29, 1.82) is 0 Å². The predicted octanol–water partition coefficient (Wildman–Crippen LogP) is 4.52. The van der Waals surface area contributed by atoms with Crippen LogP contribution in [-0.4, -0.2) is 5.91 Å². The molecule has 0 unspecified atom stereocenters. The lowest BCUT2D eigenvalue weighted by Gasteiger charge is -2.25. The maximum absolute atomic E-state index is 12.2. The highest BCUT2D eigenvalue weighted by Crippen LogP contribution is 2.30. The second kappa shape index (κ2) is 5.87. The molecular formula is C15H20BrNO. The normalized spacial score (nSPS) is 23.7. The minimum absolute atomic E-state index is 0.183. The maximum Gasteiger partial charge on any atom is 0.227 e. The minimum Gasteiger partial charge on any atom is -0.326 e. The predicted molar refractivity (Wildman–Crippen MR) is 78.6 cm³/mol. The molecule has 0 atom stereocenters. The molecule has 98 valence electrons. The molecule has 1 aromatic rings. The van der Waals surface area contributed by atoms with Crippen LogP contribution in [0.25, 0.3) is 0 Å². The number of carbonyl (C=O) groups is 1. The van der Waals surface area contributed by atoms with Gasteiger partial charge in [-0.05, 0) is 56.2 Å². The topological polar surface area (TPSA) is 29.1 Å². The zero-order valence-electron chi connectivity index (χ0n) is 11.0. The van der Waals surface area contributed by atoms with E-state index >= 15 is 0 Å². The van der Waals surface area contributed by atoms with Crippen molar-refractivity contribution in [2.45, 2.75) is 39.5 Å². The lowest BCUT2D eigenvalue weighted by atomic mass is 9.82. The Bertz CT molecular complexity index is 436. The van der Waals surface area contributed by atoms with Gasteiger partial charge in [0.05, 0.1) is 0 Å². The molecule has 1 aliphatic rings. The number of halogens is 1. The van der Waals surface area contributed by atoms with Gasteiger partial charge in [0.1, 0.15) is 0 Å². The lowest BCUT2D eigenvalue weighted by molar-refractivity contribution is -0.121. The summed E-state index contributed by atoms with van der Waals surface area (Å²) < 4.78 is 1.00. The van der Waals surface area contributed by atoms with Crippen LogP contribution < -0.4 is 5.32 Å². The molecule has 18 heavy (non-hydrogen) atoms. The highest BCUT2D eigenvalue weighted by atomic mass is 79.9. The minimum atomic E-state index is 0.183. The SMILES string of the molecule is Cc1ccc(Br)cc1NC(=O)C1CCC(C)CC1.